The van der Waals surface area contributed by atoms with Gasteiger partial charge in [0.25, 0.3) is 0 Å². The number of hydrogen-bond donors (Lipinski definition) is 1. The minimum Gasteiger partial charge on any atom is -0.354 e. The van der Waals surface area contributed by atoms with E-state index in [4.69, 9.17) is 16.9 Å². The van der Waals surface area contributed by atoms with E-state index in [0.29, 0.717) is 30.1 Å². The molecule has 1 aliphatic rings. The Morgan fingerprint density at radius 3 is 2.59 bits per heavy atom. The lowest BCUT2D eigenvalue weighted by Crippen LogP contribution is -2.52. The summed E-state index contributed by atoms with van der Waals surface area (Å²) < 4.78 is 30.5. The maximum Gasteiger partial charge on any atom is 0.244 e. The van der Waals surface area contributed by atoms with Gasteiger partial charge in [-0.15, -0.1) is 0 Å². The molecule has 0 aliphatic carbocycles. The number of carbonyl (C=O) groups excluding carboxylic acids is 1. The maximum atomic E-state index is 13.6. The van der Waals surface area contributed by atoms with Crippen LogP contribution in [-0.4, -0.2) is 40.8 Å². The molecule has 1 aliphatic heterocycles. The van der Waals surface area contributed by atoms with Gasteiger partial charge in [-0.25, -0.2) is 13.4 Å². The lowest BCUT2D eigenvalue weighted by Gasteiger charge is -2.35. The van der Waals surface area contributed by atoms with E-state index in [0.717, 1.165) is 22.4 Å². The first-order chi connectivity index (χ1) is 18.8. The van der Waals surface area contributed by atoms with Crippen LogP contribution < -0.4 is 5.32 Å². The molecule has 39 heavy (non-hydrogen) atoms. The van der Waals surface area contributed by atoms with E-state index < -0.39 is 16.1 Å². The third kappa shape index (κ3) is 5.88. The Balaban J connectivity index is 1.30. The quantitative estimate of drug-likeness (QED) is 0.352. The number of aromatic nitrogens is 2. The number of amides is 1. The summed E-state index contributed by atoms with van der Waals surface area (Å²) in [4.78, 5) is 17.7. The molecule has 2 heterocycles. The number of halogens is 1. The number of imidazole rings is 1. The minimum absolute atomic E-state index is 0.0545. The van der Waals surface area contributed by atoms with Crippen LogP contribution in [0.3, 0.4) is 0 Å². The van der Waals surface area contributed by atoms with Crippen LogP contribution in [0.5, 0.6) is 0 Å². The minimum atomic E-state index is -3.98. The fourth-order valence-electron chi connectivity index (χ4n) is 4.75. The molecule has 0 saturated heterocycles. The van der Waals surface area contributed by atoms with Crippen molar-refractivity contribution >= 4 is 27.5 Å². The average Bonchev–Trinajstić information content (AvgIpc) is 3.39. The van der Waals surface area contributed by atoms with Gasteiger partial charge in [0.2, 0.25) is 15.9 Å². The predicted molar refractivity (Wildman–Crippen MR) is 147 cm³/mol. The van der Waals surface area contributed by atoms with Crippen molar-refractivity contribution in [3.8, 4) is 6.07 Å². The molecule has 198 valence electrons. The summed E-state index contributed by atoms with van der Waals surface area (Å²) in [7, 11) is -3.98. The highest BCUT2D eigenvalue weighted by molar-refractivity contribution is 7.89. The van der Waals surface area contributed by atoms with Gasteiger partial charge in [0.15, 0.2) is 0 Å². The first-order valence-corrected chi connectivity index (χ1v) is 14.3. The Morgan fingerprint density at radius 2 is 1.85 bits per heavy atom. The van der Waals surface area contributed by atoms with Crippen molar-refractivity contribution < 1.29 is 13.2 Å². The molecule has 0 saturated carbocycles. The predicted octanol–water partition coefficient (Wildman–Crippen LogP) is 3.93. The van der Waals surface area contributed by atoms with Crippen molar-refractivity contribution in [2.75, 3.05) is 6.54 Å². The van der Waals surface area contributed by atoms with E-state index >= 15 is 0 Å². The molecule has 1 atom stereocenters. The number of carbonyl (C=O) groups is 1. The lowest BCUT2D eigenvalue weighted by molar-refractivity contribution is -0.125. The molecule has 8 nitrogen and oxygen atoms in total. The monoisotopic (exact) mass is 559 g/mol. The molecule has 5 rings (SSSR count). The summed E-state index contributed by atoms with van der Waals surface area (Å²) in [5.41, 5.74) is 4.38. The zero-order valence-electron chi connectivity index (χ0n) is 21.0. The Morgan fingerprint density at radius 1 is 1.08 bits per heavy atom. The third-order valence-electron chi connectivity index (χ3n) is 6.83. The number of rotatable bonds is 8. The van der Waals surface area contributed by atoms with Crippen LogP contribution in [0.2, 0.25) is 5.02 Å². The number of nitrogens with zero attached hydrogens (tertiary/aromatic N) is 4. The van der Waals surface area contributed by atoms with Crippen LogP contribution in [0.15, 0.2) is 90.2 Å². The average molecular weight is 560 g/mol. The van der Waals surface area contributed by atoms with Crippen molar-refractivity contribution in [2.24, 2.45) is 0 Å². The SMILES string of the molecule is N#Cc1ccc(Cn2cncc2CCNC(=O)C2Cc3ccccc3CN2S(=O)(=O)c2cccc(Cl)c2)cc1. The molecule has 1 unspecified atom stereocenters. The summed E-state index contributed by atoms with van der Waals surface area (Å²) in [6.45, 7) is 1.00. The Kier molecular flexibility index (Phi) is 7.79. The summed E-state index contributed by atoms with van der Waals surface area (Å²) in [6.07, 6.45) is 4.28. The van der Waals surface area contributed by atoms with Gasteiger partial charge in [-0.3, -0.25) is 4.79 Å². The molecule has 4 aromatic rings. The molecule has 0 spiro atoms. The Labute approximate surface area is 232 Å². The lowest BCUT2D eigenvalue weighted by atomic mass is 9.95. The van der Waals surface area contributed by atoms with Crippen molar-refractivity contribution in [3.05, 3.63) is 118 Å². The molecule has 0 radical (unpaired) electrons. The smallest absolute Gasteiger partial charge is 0.244 e. The first kappa shape index (κ1) is 26.6. The summed E-state index contributed by atoms with van der Waals surface area (Å²) in [6, 6.07) is 22.2. The van der Waals surface area contributed by atoms with Crippen LogP contribution in [-0.2, 0) is 40.7 Å². The van der Waals surface area contributed by atoms with Crippen molar-refractivity contribution in [2.45, 2.75) is 36.9 Å². The standard InChI is InChI=1S/C29H26ClN5O3S/c30-25-6-3-7-27(15-25)39(37,38)35-19-24-5-2-1-4-23(24)14-28(35)29(36)33-13-12-26-17-32-20-34(26)18-22-10-8-21(16-31)9-11-22/h1-11,15,17,20,28H,12-14,18-19H2,(H,33,36). The number of nitriles is 1. The highest BCUT2D eigenvalue weighted by Gasteiger charge is 2.39. The number of fused-ring (bicyclic) bond motifs is 1. The number of hydrogen-bond acceptors (Lipinski definition) is 5. The van der Waals surface area contributed by atoms with Gasteiger partial charge >= 0.3 is 0 Å². The largest absolute Gasteiger partial charge is 0.354 e. The second kappa shape index (κ2) is 11.4. The van der Waals surface area contributed by atoms with Gasteiger partial charge in [-0.2, -0.15) is 9.57 Å². The zero-order chi connectivity index (χ0) is 27.4. The van der Waals surface area contributed by atoms with Gasteiger partial charge in [0.1, 0.15) is 6.04 Å². The van der Waals surface area contributed by atoms with Gasteiger partial charge in [0, 0.05) is 43.0 Å². The molecular formula is C29H26ClN5O3S. The van der Waals surface area contributed by atoms with E-state index in [2.05, 4.69) is 16.4 Å². The zero-order valence-corrected chi connectivity index (χ0v) is 22.6. The number of sulfonamides is 1. The van der Waals surface area contributed by atoms with Crippen molar-refractivity contribution in [3.63, 3.8) is 0 Å². The van der Waals surface area contributed by atoms with Crippen LogP contribution >= 0.6 is 11.6 Å². The van der Waals surface area contributed by atoms with Gasteiger partial charge in [0.05, 0.1) is 22.9 Å². The van der Waals surface area contributed by atoms with Crippen molar-refractivity contribution in [1.82, 2.24) is 19.2 Å². The summed E-state index contributed by atoms with van der Waals surface area (Å²) >= 11 is 6.08. The second-order valence-corrected chi connectivity index (χ2v) is 11.7. The molecule has 3 aromatic carbocycles. The third-order valence-corrected chi connectivity index (χ3v) is 8.91. The molecule has 1 N–H and O–H groups in total. The van der Waals surface area contributed by atoms with E-state index in [1.54, 1.807) is 36.8 Å². The maximum absolute atomic E-state index is 13.6. The molecule has 1 amide bonds. The molecule has 1 aromatic heterocycles. The Bertz CT molecular complexity index is 1640. The fraction of sp³-hybridized carbons (Fsp3) is 0.207. The Hall–Kier alpha value is -3.97. The van der Waals surface area contributed by atoms with Crippen LogP contribution in [0.4, 0.5) is 0 Å². The van der Waals surface area contributed by atoms with Gasteiger partial charge in [-0.1, -0.05) is 54.1 Å². The number of nitrogens with one attached hydrogen (secondary N) is 1. The highest BCUT2D eigenvalue weighted by Crippen LogP contribution is 2.30. The summed E-state index contributed by atoms with van der Waals surface area (Å²) in [5, 5.41) is 12.3. The van der Waals surface area contributed by atoms with Gasteiger partial charge in [-0.05, 0) is 53.4 Å². The number of benzene rings is 3. The normalized spacial score (nSPS) is 15.3. The first-order valence-electron chi connectivity index (χ1n) is 12.4. The fourth-order valence-corrected chi connectivity index (χ4v) is 6.62. The second-order valence-electron chi connectivity index (χ2n) is 9.36. The molecule has 0 fully saturated rings. The van der Waals surface area contributed by atoms with Gasteiger partial charge < -0.3 is 9.88 Å². The molecular weight excluding hydrogens is 534 g/mol. The van der Waals surface area contributed by atoms with Crippen LogP contribution in [0.1, 0.15) is 27.9 Å². The summed E-state index contributed by atoms with van der Waals surface area (Å²) in [5.74, 6) is -0.353. The van der Waals surface area contributed by atoms with E-state index in [1.807, 2.05) is 41.0 Å². The van der Waals surface area contributed by atoms with E-state index in [1.165, 1.54) is 16.4 Å². The van der Waals surface area contributed by atoms with E-state index in [9.17, 15) is 13.2 Å². The van der Waals surface area contributed by atoms with Crippen molar-refractivity contribution in [1.29, 1.82) is 5.26 Å². The molecule has 10 heteroatoms. The highest BCUT2D eigenvalue weighted by atomic mass is 35.5. The molecule has 0 bridgehead atoms. The van der Waals surface area contributed by atoms with Crippen LogP contribution in [0, 0.1) is 11.3 Å². The van der Waals surface area contributed by atoms with Crippen LogP contribution in [0.25, 0.3) is 0 Å². The topological polar surface area (TPSA) is 108 Å². The van der Waals surface area contributed by atoms with E-state index in [-0.39, 0.29) is 23.8 Å².